The first kappa shape index (κ1) is 19.6. The normalized spacial score (nSPS) is 11.7. The third-order valence-corrected chi connectivity index (χ3v) is 4.39. The van der Waals surface area contributed by atoms with E-state index in [-0.39, 0.29) is 23.3 Å². The number of hydrogen-bond donors (Lipinski definition) is 1. The van der Waals surface area contributed by atoms with Crippen molar-refractivity contribution in [3.05, 3.63) is 64.4 Å². The zero-order chi connectivity index (χ0) is 21.5. The molecule has 6 nitrogen and oxygen atoms in total. The Balaban J connectivity index is 1.99. The van der Waals surface area contributed by atoms with E-state index in [0.29, 0.717) is 22.0 Å². The van der Waals surface area contributed by atoms with E-state index in [1.807, 2.05) is 0 Å². The molecule has 0 spiro atoms. The molecule has 0 fully saturated rings. The predicted octanol–water partition coefficient (Wildman–Crippen LogP) is 5.02. The maximum atomic E-state index is 12.8. The second-order valence-electron chi connectivity index (χ2n) is 6.30. The second-order valence-corrected chi connectivity index (χ2v) is 6.30. The molecule has 30 heavy (non-hydrogen) atoms. The maximum absolute atomic E-state index is 12.8. The Bertz CT molecular complexity index is 1300. The van der Waals surface area contributed by atoms with Gasteiger partial charge in [-0.05, 0) is 36.8 Å². The van der Waals surface area contributed by atoms with Crippen molar-refractivity contribution >= 4 is 28.0 Å². The maximum Gasteiger partial charge on any atom is 0.573 e. The molecular formula is C21H14F3NO5. The summed E-state index contributed by atoms with van der Waals surface area (Å²) in [4.78, 5) is 27.9. The lowest BCUT2D eigenvalue weighted by molar-refractivity contribution is -0.274. The molecule has 4 aromatic rings. The van der Waals surface area contributed by atoms with Crippen LogP contribution in [0.4, 0.5) is 13.2 Å². The first-order valence-electron chi connectivity index (χ1n) is 8.89. The van der Waals surface area contributed by atoms with Crippen LogP contribution in [0.2, 0.25) is 0 Å². The van der Waals surface area contributed by atoms with Gasteiger partial charge in [-0.1, -0.05) is 24.3 Å². The molecule has 2 aromatic heterocycles. The van der Waals surface area contributed by atoms with Gasteiger partial charge >= 0.3 is 12.3 Å². The molecule has 0 unspecified atom stereocenters. The van der Waals surface area contributed by atoms with E-state index in [0.717, 1.165) is 12.1 Å². The molecular weight excluding hydrogens is 403 g/mol. The van der Waals surface area contributed by atoms with Crippen molar-refractivity contribution in [1.29, 1.82) is 0 Å². The average molecular weight is 417 g/mol. The fourth-order valence-electron chi connectivity index (χ4n) is 3.25. The number of rotatable bonds is 4. The van der Waals surface area contributed by atoms with Crippen LogP contribution in [-0.2, 0) is 4.74 Å². The monoisotopic (exact) mass is 417 g/mol. The lowest BCUT2D eigenvalue weighted by Crippen LogP contribution is -2.21. The van der Waals surface area contributed by atoms with Crippen molar-refractivity contribution in [2.75, 3.05) is 6.61 Å². The number of H-pyrrole nitrogens is 1. The minimum absolute atomic E-state index is 0.0360. The number of fused-ring (bicyclic) bond motifs is 3. The fraction of sp³-hybridized carbons (Fsp3) is 0.143. The molecule has 2 aromatic carbocycles. The van der Waals surface area contributed by atoms with Crippen LogP contribution in [0.15, 0.2) is 57.7 Å². The van der Waals surface area contributed by atoms with Crippen molar-refractivity contribution < 1.29 is 31.9 Å². The summed E-state index contributed by atoms with van der Waals surface area (Å²) in [5.41, 5.74) is 0.482. The second kappa shape index (κ2) is 7.25. The highest BCUT2D eigenvalue weighted by molar-refractivity contribution is 6.12. The first-order valence-corrected chi connectivity index (χ1v) is 8.89. The fourth-order valence-corrected chi connectivity index (χ4v) is 3.25. The van der Waals surface area contributed by atoms with Crippen LogP contribution in [0, 0.1) is 0 Å². The number of furan rings is 1. The Kier molecular flexibility index (Phi) is 4.73. The van der Waals surface area contributed by atoms with E-state index in [1.54, 1.807) is 31.2 Å². The number of carbonyl (C=O) groups is 1. The lowest BCUT2D eigenvalue weighted by atomic mass is 9.99. The van der Waals surface area contributed by atoms with Gasteiger partial charge in [0.15, 0.2) is 5.58 Å². The number of benzene rings is 2. The molecule has 0 aliphatic carbocycles. The molecule has 0 saturated carbocycles. The summed E-state index contributed by atoms with van der Waals surface area (Å²) < 4.78 is 52.1. The molecule has 0 aliphatic rings. The summed E-state index contributed by atoms with van der Waals surface area (Å²) in [6, 6.07) is 11.8. The van der Waals surface area contributed by atoms with E-state index >= 15 is 0 Å². The Labute approximate surface area is 166 Å². The van der Waals surface area contributed by atoms with E-state index in [9.17, 15) is 22.8 Å². The van der Waals surface area contributed by atoms with Crippen molar-refractivity contribution in [2.45, 2.75) is 13.3 Å². The number of hydrogen-bond acceptors (Lipinski definition) is 5. The molecule has 0 bridgehead atoms. The zero-order valence-corrected chi connectivity index (χ0v) is 15.5. The quantitative estimate of drug-likeness (QED) is 0.472. The minimum atomic E-state index is -4.84. The van der Waals surface area contributed by atoms with E-state index in [1.165, 1.54) is 12.1 Å². The Morgan fingerprint density at radius 3 is 2.47 bits per heavy atom. The molecule has 2 heterocycles. The molecule has 0 saturated heterocycles. The molecule has 1 N–H and O–H groups in total. The summed E-state index contributed by atoms with van der Waals surface area (Å²) >= 11 is 0. The minimum Gasteiger partial charge on any atom is -0.462 e. The number of carbonyl (C=O) groups excluding carboxylic acids is 1. The third-order valence-electron chi connectivity index (χ3n) is 4.39. The predicted molar refractivity (Wildman–Crippen MR) is 102 cm³/mol. The van der Waals surface area contributed by atoms with Gasteiger partial charge in [0.05, 0.1) is 12.1 Å². The van der Waals surface area contributed by atoms with Gasteiger partial charge in [-0.3, -0.25) is 4.79 Å². The Hall–Kier alpha value is -3.75. The van der Waals surface area contributed by atoms with Gasteiger partial charge in [0.25, 0.3) is 5.56 Å². The van der Waals surface area contributed by atoms with Crippen molar-refractivity contribution in [2.24, 2.45) is 0 Å². The van der Waals surface area contributed by atoms with Crippen LogP contribution in [0.25, 0.3) is 33.2 Å². The molecule has 0 amide bonds. The number of para-hydroxylation sites is 1. The van der Waals surface area contributed by atoms with Gasteiger partial charge < -0.3 is 18.9 Å². The Morgan fingerprint density at radius 2 is 1.80 bits per heavy atom. The molecule has 0 aliphatic heterocycles. The highest BCUT2D eigenvalue weighted by Gasteiger charge is 2.31. The average Bonchev–Trinajstić information content (AvgIpc) is 3.05. The van der Waals surface area contributed by atoms with Gasteiger partial charge in [-0.15, -0.1) is 13.2 Å². The summed E-state index contributed by atoms with van der Waals surface area (Å²) in [5.74, 6) is -1.30. The number of aromatic amines is 1. The topological polar surface area (TPSA) is 81.5 Å². The van der Waals surface area contributed by atoms with Crippen LogP contribution in [0.5, 0.6) is 5.75 Å². The van der Waals surface area contributed by atoms with Crippen LogP contribution in [0.3, 0.4) is 0 Å². The van der Waals surface area contributed by atoms with E-state index in [4.69, 9.17) is 9.15 Å². The molecule has 154 valence electrons. The van der Waals surface area contributed by atoms with Gasteiger partial charge in [0, 0.05) is 10.9 Å². The highest BCUT2D eigenvalue weighted by atomic mass is 19.4. The SMILES string of the molecule is CCOC(=O)c1c(-c2ccc(OC(F)(F)F)cc2)c2oc3ccccc3c2[nH]c1=O. The van der Waals surface area contributed by atoms with Crippen LogP contribution in [0.1, 0.15) is 17.3 Å². The number of aromatic nitrogens is 1. The molecule has 4 rings (SSSR count). The smallest absolute Gasteiger partial charge is 0.462 e. The van der Waals surface area contributed by atoms with Crippen LogP contribution in [-0.4, -0.2) is 23.9 Å². The standard InChI is InChI=1S/C21H14F3NO5/c1-2-28-20(27)16-15(11-7-9-12(10-8-11)30-21(22,23)24)18-17(25-19(16)26)13-5-3-4-6-14(13)29-18/h3-10H,2H2,1H3,(H,25,26). The van der Waals surface area contributed by atoms with Gasteiger partial charge in [0.1, 0.15) is 16.9 Å². The summed E-state index contributed by atoms with van der Waals surface area (Å²) in [5, 5.41) is 0.623. The van der Waals surface area contributed by atoms with Gasteiger partial charge in [0.2, 0.25) is 0 Å². The zero-order valence-electron chi connectivity index (χ0n) is 15.5. The van der Waals surface area contributed by atoms with E-state index in [2.05, 4.69) is 9.72 Å². The molecule has 0 radical (unpaired) electrons. The van der Waals surface area contributed by atoms with Crippen LogP contribution >= 0.6 is 0 Å². The number of esters is 1. The summed E-state index contributed by atoms with van der Waals surface area (Å²) in [7, 11) is 0. The molecule has 0 atom stereocenters. The number of ether oxygens (including phenoxy) is 2. The summed E-state index contributed by atoms with van der Waals surface area (Å²) in [6.07, 6.45) is -4.84. The first-order chi connectivity index (χ1) is 14.3. The van der Waals surface area contributed by atoms with Crippen molar-refractivity contribution in [3.63, 3.8) is 0 Å². The Morgan fingerprint density at radius 1 is 1.10 bits per heavy atom. The summed E-state index contributed by atoms with van der Waals surface area (Å²) in [6.45, 7) is 1.63. The van der Waals surface area contributed by atoms with Crippen molar-refractivity contribution in [1.82, 2.24) is 4.98 Å². The number of pyridine rings is 1. The van der Waals surface area contributed by atoms with E-state index < -0.39 is 23.6 Å². The molecule has 9 heteroatoms. The van der Waals surface area contributed by atoms with Crippen molar-refractivity contribution in [3.8, 4) is 16.9 Å². The third kappa shape index (κ3) is 3.49. The number of alkyl halides is 3. The van der Waals surface area contributed by atoms with Crippen LogP contribution < -0.4 is 10.3 Å². The largest absolute Gasteiger partial charge is 0.573 e. The number of nitrogens with one attached hydrogen (secondary N) is 1. The van der Waals surface area contributed by atoms with Gasteiger partial charge in [-0.2, -0.15) is 0 Å². The highest BCUT2D eigenvalue weighted by Crippen LogP contribution is 2.36. The lowest BCUT2D eigenvalue weighted by Gasteiger charge is -2.11. The van der Waals surface area contributed by atoms with Gasteiger partial charge in [-0.25, -0.2) is 4.79 Å². The number of halogens is 3.